The molecule has 0 saturated heterocycles. The summed E-state index contributed by atoms with van der Waals surface area (Å²) in [5, 5.41) is 4.83. The van der Waals surface area contributed by atoms with Crippen molar-refractivity contribution in [1.29, 1.82) is 0 Å². The lowest BCUT2D eigenvalue weighted by Gasteiger charge is -2.12. The van der Waals surface area contributed by atoms with Gasteiger partial charge in [0.25, 0.3) is 0 Å². The van der Waals surface area contributed by atoms with Gasteiger partial charge in [-0.2, -0.15) is 0 Å². The second-order valence-corrected chi connectivity index (χ2v) is 15.7. The van der Waals surface area contributed by atoms with Gasteiger partial charge in [0.2, 0.25) is 0 Å². The second-order valence-electron chi connectivity index (χ2n) is 15.7. The van der Waals surface area contributed by atoms with E-state index in [-0.39, 0.29) is 0 Å². The van der Waals surface area contributed by atoms with E-state index in [0.29, 0.717) is 17.5 Å². The topological polar surface area (TPSA) is 48.5 Å². The van der Waals surface area contributed by atoms with Gasteiger partial charge in [-0.05, 0) is 83.8 Å². The van der Waals surface area contributed by atoms with Crippen molar-refractivity contribution in [1.82, 2.24) is 24.1 Å². The van der Waals surface area contributed by atoms with Crippen LogP contribution in [-0.4, -0.2) is 24.1 Å². The van der Waals surface area contributed by atoms with E-state index in [2.05, 4.69) is 161 Å². The highest BCUT2D eigenvalue weighted by Gasteiger charge is 2.18. The summed E-state index contributed by atoms with van der Waals surface area (Å²) in [6.45, 7) is 5.97. The molecule has 0 aliphatic rings. The Hall–Kier alpha value is -8.41. The minimum absolute atomic E-state index is 0.624. The Labute approximate surface area is 365 Å². The Bertz CT molecular complexity index is 3520. The highest BCUT2D eigenvalue weighted by Crippen LogP contribution is 2.39. The van der Waals surface area contributed by atoms with Crippen LogP contribution in [-0.2, 0) is 0 Å². The first-order valence-corrected chi connectivity index (χ1v) is 21.3. The van der Waals surface area contributed by atoms with Gasteiger partial charge in [0.05, 0.1) is 22.1 Å². The third-order valence-electron chi connectivity index (χ3n) is 11.8. The van der Waals surface area contributed by atoms with E-state index < -0.39 is 0 Å². The van der Waals surface area contributed by atoms with Crippen LogP contribution in [0, 0.1) is 0 Å². The van der Waals surface area contributed by atoms with Crippen molar-refractivity contribution in [3.05, 3.63) is 231 Å². The molecule has 0 saturated carbocycles. The Morgan fingerprint density at radius 3 is 1.59 bits per heavy atom. The van der Waals surface area contributed by atoms with Crippen molar-refractivity contribution in [3.8, 4) is 56.7 Å². The van der Waals surface area contributed by atoms with Crippen molar-refractivity contribution in [2.45, 2.75) is 6.92 Å². The van der Waals surface area contributed by atoms with E-state index in [1.165, 1.54) is 32.6 Å². The lowest BCUT2D eigenvalue weighted by molar-refractivity contribution is 1.07. The lowest BCUT2D eigenvalue weighted by atomic mass is 10.0. The van der Waals surface area contributed by atoms with Crippen LogP contribution < -0.4 is 0 Å². The van der Waals surface area contributed by atoms with Gasteiger partial charge in [0.1, 0.15) is 0 Å². The second kappa shape index (κ2) is 15.9. The summed E-state index contributed by atoms with van der Waals surface area (Å²) in [5.41, 5.74) is 14.1. The average molecular weight is 808 g/mol. The summed E-state index contributed by atoms with van der Waals surface area (Å²) in [6.07, 6.45) is 8.07. The highest BCUT2D eigenvalue weighted by atomic mass is 15.0. The van der Waals surface area contributed by atoms with Gasteiger partial charge in [-0.1, -0.05) is 170 Å². The molecule has 0 unspecified atom stereocenters. The maximum Gasteiger partial charge on any atom is 0.164 e. The van der Waals surface area contributed by atoms with E-state index in [0.717, 1.165) is 61.4 Å². The molecule has 0 atom stereocenters. The first-order chi connectivity index (χ1) is 31.1. The zero-order chi connectivity index (χ0) is 42.3. The standard InChI is InChI=1S/C58H41N5/c1-3-16-39(17-4-2)40-28-32-46(33-29-40)62-52-26-13-11-24-48(52)50-34-30-44(38-55(50)62)43-31-35-54-51(37-43)49-25-12-14-27-53(49)63(54)47-23-15-22-45(36-47)58-60-56(41-18-7-5-8-19-41)59-57(61-58)42-20-9-6-10-21-42/h3-38H,1H2,2H3/b17-4-,39-16+. The molecule has 0 fully saturated rings. The van der Waals surface area contributed by atoms with E-state index in [1.807, 2.05) is 79.7 Å². The molecule has 5 heteroatoms. The SMILES string of the molecule is C=C/C=C(\C=C/C)c1ccc(-n2c3ccccc3c3ccc(-c4ccc5c(c4)c4ccccc4n5-c4cccc(-c5nc(-c6ccccc6)nc(-c6ccccc6)n5)c4)cc32)cc1. The van der Waals surface area contributed by atoms with Crippen molar-refractivity contribution in [2.75, 3.05) is 0 Å². The van der Waals surface area contributed by atoms with Crippen LogP contribution in [0.4, 0.5) is 0 Å². The van der Waals surface area contributed by atoms with E-state index in [1.54, 1.807) is 0 Å². The van der Waals surface area contributed by atoms with E-state index >= 15 is 0 Å². The number of hydrogen-bond donors (Lipinski definition) is 0. The molecule has 0 aliphatic carbocycles. The summed E-state index contributed by atoms with van der Waals surface area (Å²) in [7, 11) is 0. The molecule has 0 N–H and O–H groups in total. The van der Waals surface area contributed by atoms with Gasteiger partial charge in [-0.3, -0.25) is 0 Å². The molecule has 11 aromatic rings. The van der Waals surface area contributed by atoms with Crippen LogP contribution in [0.15, 0.2) is 225 Å². The first-order valence-electron chi connectivity index (χ1n) is 21.3. The first kappa shape index (κ1) is 37.6. The average Bonchev–Trinajstić information content (AvgIpc) is 3.86. The molecule has 0 amide bonds. The van der Waals surface area contributed by atoms with Crippen molar-refractivity contribution < 1.29 is 0 Å². The van der Waals surface area contributed by atoms with Crippen LogP contribution >= 0.6 is 0 Å². The molecule has 11 rings (SSSR count). The number of rotatable bonds is 9. The van der Waals surface area contributed by atoms with Crippen molar-refractivity contribution in [2.24, 2.45) is 0 Å². The molecular formula is C58H41N5. The smallest absolute Gasteiger partial charge is 0.164 e. The van der Waals surface area contributed by atoms with Gasteiger partial charge in [-0.15, -0.1) is 0 Å². The number of nitrogens with zero attached hydrogens (tertiary/aromatic N) is 5. The van der Waals surface area contributed by atoms with Crippen molar-refractivity contribution >= 4 is 49.2 Å². The molecule has 3 aromatic heterocycles. The maximum atomic E-state index is 5.04. The fourth-order valence-electron chi connectivity index (χ4n) is 8.94. The number of benzene rings is 8. The molecule has 0 radical (unpaired) electrons. The fraction of sp³-hybridized carbons (Fsp3) is 0.0172. The Balaban J connectivity index is 1.02. The third-order valence-corrected chi connectivity index (χ3v) is 11.8. The minimum Gasteiger partial charge on any atom is -0.309 e. The van der Waals surface area contributed by atoms with Crippen molar-refractivity contribution in [3.63, 3.8) is 0 Å². The summed E-state index contributed by atoms with van der Waals surface area (Å²) in [4.78, 5) is 15.0. The molecule has 0 bridgehead atoms. The predicted octanol–water partition coefficient (Wildman–Crippen LogP) is 14.9. The maximum absolute atomic E-state index is 5.04. The summed E-state index contributed by atoms with van der Waals surface area (Å²) >= 11 is 0. The van der Waals surface area contributed by atoms with Crippen LogP contribution in [0.3, 0.4) is 0 Å². The summed E-state index contributed by atoms with van der Waals surface area (Å²) < 4.78 is 4.74. The van der Waals surface area contributed by atoms with E-state index in [4.69, 9.17) is 15.0 Å². The number of hydrogen-bond acceptors (Lipinski definition) is 3. The monoisotopic (exact) mass is 807 g/mol. The number of aromatic nitrogens is 5. The van der Waals surface area contributed by atoms with Crippen LogP contribution in [0.1, 0.15) is 12.5 Å². The molecule has 8 aromatic carbocycles. The molecular weight excluding hydrogens is 767 g/mol. The minimum atomic E-state index is 0.624. The molecule has 3 heterocycles. The van der Waals surface area contributed by atoms with Crippen LogP contribution in [0.5, 0.6) is 0 Å². The molecule has 0 spiro atoms. The number of allylic oxidation sites excluding steroid dienone is 5. The normalized spacial score (nSPS) is 12.0. The Morgan fingerprint density at radius 2 is 0.937 bits per heavy atom. The van der Waals surface area contributed by atoms with Gasteiger partial charge in [-0.25, -0.2) is 15.0 Å². The Kier molecular flexibility index (Phi) is 9.48. The summed E-state index contributed by atoms with van der Waals surface area (Å²) in [6, 6.07) is 68.7. The summed E-state index contributed by atoms with van der Waals surface area (Å²) in [5.74, 6) is 1.90. The number of para-hydroxylation sites is 2. The van der Waals surface area contributed by atoms with Gasteiger partial charge >= 0.3 is 0 Å². The van der Waals surface area contributed by atoms with Gasteiger partial charge in [0, 0.05) is 49.6 Å². The highest BCUT2D eigenvalue weighted by molar-refractivity contribution is 6.12. The Morgan fingerprint density at radius 1 is 0.413 bits per heavy atom. The molecule has 63 heavy (non-hydrogen) atoms. The quantitative estimate of drug-likeness (QED) is 0.137. The lowest BCUT2D eigenvalue weighted by Crippen LogP contribution is -2.01. The number of fused-ring (bicyclic) bond motifs is 6. The predicted molar refractivity (Wildman–Crippen MR) is 263 cm³/mol. The third kappa shape index (κ3) is 6.73. The van der Waals surface area contributed by atoms with E-state index in [9.17, 15) is 0 Å². The van der Waals surface area contributed by atoms with Gasteiger partial charge < -0.3 is 9.13 Å². The molecule has 5 nitrogen and oxygen atoms in total. The largest absolute Gasteiger partial charge is 0.309 e. The van der Waals surface area contributed by atoms with Gasteiger partial charge in [0.15, 0.2) is 17.5 Å². The van der Waals surface area contributed by atoms with Crippen LogP contribution in [0.2, 0.25) is 0 Å². The molecule has 0 aliphatic heterocycles. The van der Waals surface area contributed by atoms with Crippen LogP contribution in [0.25, 0.3) is 106 Å². The fourth-order valence-corrected chi connectivity index (χ4v) is 8.94. The zero-order valence-corrected chi connectivity index (χ0v) is 34.7. The zero-order valence-electron chi connectivity index (χ0n) is 34.7. The molecule has 298 valence electrons.